The van der Waals surface area contributed by atoms with Gasteiger partial charge < -0.3 is 20.7 Å². The number of carbonyl (C=O) groups is 1. The molecule has 1 aliphatic rings. The van der Waals surface area contributed by atoms with Gasteiger partial charge in [-0.1, -0.05) is 12.1 Å². The van der Waals surface area contributed by atoms with Crippen LogP contribution in [0, 0.1) is 6.92 Å². The first kappa shape index (κ1) is 23.5. The number of nitrogens with one attached hydrogen (secondary N) is 3. The van der Waals surface area contributed by atoms with Crippen LogP contribution < -0.4 is 20.7 Å². The number of carbonyl (C=O) groups excluding carboxylic acids is 1. The Morgan fingerprint density at radius 2 is 2.11 bits per heavy atom. The molecule has 1 unspecified atom stereocenters. The average molecular weight is 488 g/mol. The monoisotopic (exact) mass is 488 g/mol. The van der Waals surface area contributed by atoms with Crippen molar-refractivity contribution in [2.45, 2.75) is 58.6 Å². The fourth-order valence-corrected chi connectivity index (χ4v) is 2.50. The van der Waals surface area contributed by atoms with Gasteiger partial charge in [0.25, 0.3) is 0 Å². The molecule has 1 saturated carbocycles. The van der Waals surface area contributed by atoms with Gasteiger partial charge in [0.1, 0.15) is 11.9 Å². The Hall–Kier alpha value is -1.51. The van der Waals surface area contributed by atoms with Crippen molar-refractivity contribution in [2.24, 2.45) is 4.99 Å². The van der Waals surface area contributed by atoms with Crippen molar-refractivity contribution in [3.63, 3.8) is 0 Å². The number of nitrogens with zero attached hydrogens (tertiary/aromatic N) is 1. The van der Waals surface area contributed by atoms with E-state index in [1.54, 1.807) is 0 Å². The lowest BCUT2D eigenvalue weighted by Crippen LogP contribution is -2.39. The molecule has 0 aromatic heterocycles. The summed E-state index contributed by atoms with van der Waals surface area (Å²) in [6.07, 6.45) is 3.58. The number of guanidine groups is 1. The van der Waals surface area contributed by atoms with E-state index in [0.29, 0.717) is 19.0 Å². The summed E-state index contributed by atoms with van der Waals surface area (Å²) in [5.74, 6) is 1.78. The zero-order chi connectivity index (χ0) is 18.8. The highest BCUT2D eigenvalue weighted by Gasteiger charge is 2.22. The lowest BCUT2D eigenvalue weighted by molar-refractivity contribution is -0.121. The molecule has 1 aliphatic carbocycles. The average Bonchev–Trinajstić information content (AvgIpc) is 3.40. The molecule has 0 saturated heterocycles. The van der Waals surface area contributed by atoms with E-state index in [4.69, 9.17) is 4.74 Å². The molecule has 1 atom stereocenters. The Morgan fingerprint density at radius 3 is 2.78 bits per heavy atom. The van der Waals surface area contributed by atoms with Crippen molar-refractivity contribution in [3.8, 4) is 5.75 Å². The van der Waals surface area contributed by atoms with Gasteiger partial charge in [-0.3, -0.25) is 4.79 Å². The molecule has 1 fully saturated rings. The maximum Gasteiger partial charge on any atom is 0.220 e. The molecule has 7 heteroatoms. The number of aliphatic imine (C=N–C) groups is 1. The molecule has 2 rings (SSSR count). The molecule has 1 amide bonds. The van der Waals surface area contributed by atoms with Crippen molar-refractivity contribution in [3.05, 3.63) is 29.8 Å². The highest BCUT2D eigenvalue weighted by molar-refractivity contribution is 14.0. The van der Waals surface area contributed by atoms with Crippen LogP contribution in [0.5, 0.6) is 5.75 Å². The third-order valence-corrected chi connectivity index (χ3v) is 3.99. The number of rotatable bonds is 10. The van der Waals surface area contributed by atoms with Crippen LogP contribution in [0.4, 0.5) is 0 Å². The molecular formula is C20H33IN4O2. The Bertz CT molecular complexity index is 605. The van der Waals surface area contributed by atoms with Gasteiger partial charge in [-0.15, -0.1) is 24.0 Å². The molecule has 152 valence electrons. The van der Waals surface area contributed by atoms with Crippen LogP contribution in [0.25, 0.3) is 0 Å². The van der Waals surface area contributed by atoms with Crippen molar-refractivity contribution >= 4 is 35.8 Å². The maximum atomic E-state index is 11.7. The summed E-state index contributed by atoms with van der Waals surface area (Å²) < 4.78 is 5.91. The van der Waals surface area contributed by atoms with E-state index in [9.17, 15) is 4.79 Å². The van der Waals surface area contributed by atoms with Gasteiger partial charge in [0.15, 0.2) is 5.96 Å². The number of halogens is 1. The van der Waals surface area contributed by atoms with Gasteiger partial charge in [0, 0.05) is 25.6 Å². The van der Waals surface area contributed by atoms with Crippen molar-refractivity contribution in [1.82, 2.24) is 16.0 Å². The van der Waals surface area contributed by atoms with Gasteiger partial charge in [-0.25, -0.2) is 4.99 Å². The van der Waals surface area contributed by atoms with Gasteiger partial charge >= 0.3 is 0 Å². The van der Waals surface area contributed by atoms with E-state index in [1.165, 1.54) is 5.56 Å². The second-order valence-electron chi connectivity index (χ2n) is 6.84. The predicted molar refractivity (Wildman–Crippen MR) is 121 cm³/mol. The molecule has 0 aliphatic heterocycles. The first-order valence-corrected chi connectivity index (χ1v) is 9.61. The van der Waals surface area contributed by atoms with Crippen molar-refractivity contribution < 1.29 is 9.53 Å². The molecule has 0 spiro atoms. The summed E-state index contributed by atoms with van der Waals surface area (Å²) in [5.41, 5.74) is 1.18. The van der Waals surface area contributed by atoms with Crippen LogP contribution in [-0.4, -0.2) is 43.6 Å². The molecular weight excluding hydrogens is 455 g/mol. The fraction of sp³-hybridized carbons (Fsp3) is 0.600. The Balaban J connectivity index is 0.00000364. The van der Waals surface area contributed by atoms with Crippen LogP contribution in [0.1, 0.15) is 45.1 Å². The predicted octanol–water partition coefficient (Wildman–Crippen LogP) is 2.99. The number of ether oxygens (including phenoxy) is 1. The molecule has 0 bridgehead atoms. The molecule has 0 heterocycles. The van der Waals surface area contributed by atoms with Crippen LogP contribution >= 0.6 is 24.0 Å². The number of hydrogen-bond acceptors (Lipinski definition) is 3. The van der Waals surface area contributed by atoms with Crippen molar-refractivity contribution in [2.75, 3.05) is 19.6 Å². The van der Waals surface area contributed by atoms with Gasteiger partial charge in [0.05, 0.1) is 6.54 Å². The molecule has 1 aromatic rings. The molecule has 3 N–H and O–H groups in total. The van der Waals surface area contributed by atoms with Gasteiger partial charge in [-0.2, -0.15) is 0 Å². The number of benzene rings is 1. The minimum Gasteiger partial charge on any atom is -0.489 e. The fourth-order valence-electron chi connectivity index (χ4n) is 2.50. The maximum absolute atomic E-state index is 11.7. The topological polar surface area (TPSA) is 74.8 Å². The summed E-state index contributed by atoms with van der Waals surface area (Å²) in [6, 6.07) is 8.46. The first-order valence-electron chi connectivity index (χ1n) is 9.61. The molecule has 6 nitrogen and oxygen atoms in total. The zero-order valence-corrected chi connectivity index (χ0v) is 18.9. The zero-order valence-electron chi connectivity index (χ0n) is 16.6. The largest absolute Gasteiger partial charge is 0.489 e. The lowest BCUT2D eigenvalue weighted by Gasteiger charge is -2.15. The van der Waals surface area contributed by atoms with Crippen LogP contribution in [0.3, 0.4) is 0 Å². The van der Waals surface area contributed by atoms with Gasteiger partial charge in [0.2, 0.25) is 5.91 Å². The Kier molecular flexibility index (Phi) is 11.2. The SMILES string of the molecule is CCNC(=NCC(C)Oc1cccc(C)c1)NCCCC(=O)NC1CC1.I. The normalized spacial score (nSPS) is 14.7. The quantitative estimate of drug-likeness (QED) is 0.205. The van der Waals surface area contributed by atoms with E-state index in [0.717, 1.165) is 44.1 Å². The smallest absolute Gasteiger partial charge is 0.220 e. The van der Waals surface area contributed by atoms with Crippen molar-refractivity contribution in [1.29, 1.82) is 0 Å². The van der Waals surface area contributed by atoms with Crippen LogP contribution in [0.15, 0.2) is 29.3 Å². The molecule has 1 aromatic carbocycles. The third-order valence-electron chi connectivity index (χ3n) is 3.99. The van der Waals surface area contributed by atoms with Gasteiger partial charge in [-0.05, 0) is 57.7 Å². The standard InChI is InChI=1S/C20H32N4O2.HI/c1-4-21-20(22-12-6-9-19(25)24-17-10-11-17)23-14-16(3)26-18-8-5-7-15(2)13-18;/h5,7-8,13,16-17H,4,6,9-12,14H2,1-3H3,(H,24,25)(H2,21,22,23);1H. The van der Waals surface area contributed by atoms with E-state index in [2.05, 4.69) is 20.9 Å². The summed E-state index contributed by atoms with van der Waals surface area (Å²) in [4.78, 5) is 16.3. The summed E-state index contributed by atoms with van der Waals surface area (Å²) >= 11 is 0. The summed E-state index contributed by atoms with van der Waals surface area (Å²) in [6.45, 7) is 8.17. The van der Waals surface area contributed by atoms with Crippen LogP contribution in [0.2, 0.25) is 0 Å². The minimum absolute atomic E-state index is 0. The van der Waals surface area contributed by atoms with E-state index in [1.807, 2.05) is 45.0 Å². The van der Waals surface area contributed by atoms with E-state index >= 15 is 0 Å². The first-order chi connectivity index (χ1) is 12.6. The number of hydrogen-bond donors (Lipinski definition) is 3. The second kappa shape index (κ2) is 12.8. The lowest BCUT2D eigenvalue weighted by atomic mass is 10.2. The number of amides is 1. The van der Waals surface area contributed by atoms with E-state index in [-0.39, 0.29) is 36.0 Å². The molecule has 27 heavy (non-hydrogen) atoms. The molecule has 0 radical (unpaired) electrons. The highest BCUT2D eigenvalue weighted by Crippen LogP contribution is 2.18. The van der Waals surface area contributed by atoms with Crippen LogP contribution in [-0.2, 0) is 4.79 Å². The second-order valence-corrected chi connectivity index (χ2v) is 6.84. The summed E-state index contributed by atoms with van der Waals surface area (Å²) in [5, 5.41) is 9.51. The Morgan fingerprint density at radius 1 is 1.33 bits per heavy atom. The van der Waals surface area contributed by atoms with E-state index < -0.39 is 0 Å². The minimum atomic E-state index is -0.0171. The third kappa shape index (κ3) is 10.4. The summed E-state index contributed by atoms with van der Waals surface area (Å²) in [7, 11) is 0. The highest BCUT2D eigenvalue weighted by atomic mass is 127. The number of aryl methyl sites for hydroxylation is 1. The Labute approximate surface area is 179 Å².